The summed E-state index contributed by atoms with van der Waals surface area (Å²) in [4.78, 5) is 27.4. The lowest BCUT2D eigenvalue weighted by atomic mass is 10.0. The summed E-state index contributed by atoms with van der Waals surface area (Å²) in [6.45, 7) is 1.87. The second-order valence-corrected chi connectivity index (χ2v) is 10.7. The van der Waals surface area contributed by atoms with Gasteiger partial charge in [0.25, 0.3) is 0 Å². The summed E-state index contributed by atoms with van der Waals surface area (Å²) in [5.74, 6) is 0.0313. The topological polar surface area (TPSA) is 107 Å². The van der Waals surface area contributed by atoms with Crippen LogP contribution in [0.3, 0.4) is 0 Å². The Morgan fingerprint density at radius 2 is 1.71 bits per heavy atom. The highest BCUT2D eigenvalue weighted by atomic mass is 16.7. The third-order valence-corrected chi connectivity index (χ3v) is 7.77. The van der Waals surface area contributed by atoms with E-state index in [-0.39, 0.29) is 24.9 Å². The molecule has 0 radical (unpaired) electrons. The van der Waals surface area contributed by atoms with Crippen LogP contribution in [-0.4, -0.2) is 79.6 Å². The first-order chi connectivity index (χ1) is 18.6. The summed E-state index contributed by atoms with van der Waals surface area (Å²) in [5, 5.41) is 14.2. The first kappa shape index (κ1) is 28.6. The lowest BCUT2D eigenvalue weighted by Crippen LogP contribution is -2.51. The Labute approximate surface area is 226 Å². The Hall–Kier alpha value is -2.36. The van der Waals surface area contributed by atoms with Gasteiger partial charge in [-0.25, -0.2) is 9.59 Å². The number of cyclic esters (lactones) is 1. The van der Waals surface area contributed by atoms with Crippen molar-refractivity contribution in [2.45, 2.75) is 95.2 Å². The Bertz CT molecular complexity index is 855. The summed E-state index contributed by atoms with van der Waals surface area (Å²) in [6, 6.07) is 9.02. The molecule has 38 heavy (non-hydrogen) atoms. The largest absolute Gasteiger partial charge is 0.449 e. The van der Waals surface area contributed by atoms with E-state index in [4.69, 9.17) is 18.9 Å². The molecule has 0 bridgehead atoms. The van der Waals surface area contributed by atoms with E-state index < -0.39 is 24.3 Å². The molecule has 212 valence electrons. The van der Waals surface area contributed by atoms with E-state index >= 15 is 0 Å². The predicted molar refractivity (Wildman–Crippen MR) is 142 cm³/mol. The van der Waals surface area contributed by atoms with Gasteiger partial charge in [-0.15, -0.1) is 0 Å². The third kappa shape index (κ3) is 8.85. The molecule has 0 unspecified atom stereocenters. The molecule has 4 rings (SSSR count). The number of aliphatic hydroxyl groups is 1. The van der Waals surface area contributed by atoms with Gasteiger partial charge in [0.1, 0.15) is 6.10 Å². The van der Waals surface area contributed by atoms with Crippen LogP contribution in [0.4, 0.5) is 9.59 Å². The molecule has 2 amide bonds. The number of nitrogens with one attached hydrogen (secondary N) is 1. The van der Waals surface area contributed by atoms with Gasteiger partial charge in [-0.3, -0.25) is 0 Å². The standard InChI is InChI=1S/C29H44N2O7/c32-25(20-31-16-11-6-4-2-1-3-5-7-12-17-36-29(31)34)24(19-22-13-9-8-10-14-22)30-28(33)38-26-21-37-27-23(26)15-18-35-27/h8-10,13-14,23-27,32H,1-7,11-12,15-21H2,(H,30,33)/t23-,24-,25+,26-,27+/m0/s1. The SMILES string of the molecule is O=C(N[C@@H](Cc1ccccc1)[C@H](O)CN1CCCCCCCCCCCOC1=O)O[C@H]1CO[C@H]2OCC[C@H]21. The average molecular weight is 533 g/mol. The number of rotatable bonds is 7. The first-order valence-electron chi connectivity index (χ1n) is 14.4. The van der Waals surface area contributed by atoms with Crippen LogP contribution in [-0.2, 0) is 25.4 Å². The zero-order chi connectivity index (χ0) is 26.6. The lowest BCUT2D eigenvalue weighted by molar-refractivity contribution is -0.0907. The minimum Gasteiger partial charge on any atom is -0.449 e. The number of benzene rings is 1. The van der Waals surface area contributed by atoms with Crippen LogP contribution in [0.15, 0.2) is 30.3 Å². The average Bonchev–Trinajstić information content (AvgIpc) is 3.53. The van der Waals surface area contributed by atoms with Gasteiger partial charge in [0.2, 0.25) is 0 Å². The second kappa shape index (κ2) is 15.3. The van der Waals surface area contributed by atoms with Crippen LogP contribution >= 0.6 is 0 Å². The number of nitrogens with zero attached hydrogens (tertiary/aromatic N) is 1. The molecule has 0 aliphatic carbocycles. The molecule has 5 atom stereocenters. The highest BCUT2D eigenvalue weighted by Crippen LogP contribution is 2.33. The second-order valence-electron chi connectivity index (χ2n) is 10.7. The van der Waals surface area contributed by atoms with E-state index in [9.17, 15) is 14.7 Å². The van der Waals surface area contributed by atoms with Crippen molar-refractivity contribution in [2.24, 2.45) is 5.92 Å². The fraction of sp³-hybridized carbons (Fsp3) is 0.724. The molecule has 3 fully saturated rings. The molecular weight excluding hydrogens is 488 g/mol. The van der Waals surface area contributed by atoms with E-state index in [2.05, 4.69) is 5.32 Å². The number of carbonyl (C=O) groups is 2. The highest BCUT2D eigenvalue weighted by molar-refractivity contribution is 5.68. The maximum atomic E-state index is 12.9. The number of fused-ring (bicyclic) bond motifs is 1. The van der Waals surface area contributed by atoms with Gasteiger partial charge in [0.15, 0.2) is 6.29 Å². The first-order valence-corrected chi connectivity index (χ1v) is 14.4. The van der Waals surface area contributed by atoms with Crippen LogP contribution in [0.2, 0.25) is 0 Å². The number of amides is 2. The summed E-state index contributed by atoms with van der Waals surface area (Å²) < 4.78 is 22.4. The summed E-state index contributed by atoms with van der Waals surface area (Å²) in [5.41, 5.74) is 0.967. The number of ether oxygens (including phenoxy) is 4. The third-order valence-electron chi connectivity index (χ3n) is 7.77. The lowest BCUT2D eigenvalue weighted by Gasteiger charge is -2.30. The summed E-state index contributed by atoms with van der Waals surface area (Å²) in [6.07, 6.45) is 8.32. The minimum atomic E-state index is -1.00. The molecule has 3 heterocycles. The van der Waals surface area contributed by atoms with E-state index in [0.717, 1.165) is 44.1 Å². The van der Waals surface area contributed by atoms with Crippen LogP contribution in [0, 0.1) is 5.92 Å². The molecule has 0 aromatic heterocycles. The zero-order valence-corrected chi connectivity index (χ0v) is 22.4. The fourth-order valence-electron chi connectivity index (χ4n) is 5.52. The van der Waals surface area contributed by atoms with Crippen LogP contribution < -0.4 is 5.32 Å². The van der Waals surface area contributed by atoms with Gasteiger partial charge in [0.05, 0.1) is 44.4 Å². The van der Waals surface area contributed by atoms with Crippen LogP contribution in [0.5, 0.6) is 0 Å². The van der Waals surface area contributed by atoms with Crippen LogP contribution in [0.1, 0.15) is 69.8 Å². The van der Waals surface area contributed by atoms with Gasteiger partial charge in [0, 0.05) is 6.54 Å². The molecule has 0 spiro atoms. The van der Waals surface area contributed by atoms with Crippen molar-refractivity contribution in [3.63, 3.8) is 0 Å². The number of carbonyl (C=O) groups excluding carboxylic acids is 2. The van der Waals surface area contributed by atoms with Crippen molar-refractivity contribution < 1.29 is 33.6 Å². The predicted octanol–water partition coefficient (Wildman–Crippen LogP) is 4.41. The highest BCUT2D eigenvalue weighted by Gasteiger charge is 2.44. The van der Waals surface area contributed by atoms with E-state index in [1.165, 1.54) is 25.7 Å². The van der Waals surface area contributed by atoms with Crippen molar-refractivity contribution in [2.75, 3.05) is 32.9 Å². The van der Waals surface area contributed by atoms with E-state index in [0.29, 0.717) is 32.8 Å². The van der Waals surface area contributed by atoms with Gasteiger partial charge in [-0.1, -0.05) is 75.3 Å². The number of aliphatic hydroxyl groups excluding tert-OH is 1. The monoisotopic (exact) mass is 532 g/mol. The molecular formula is C29H44N2O7. The minimum absolute atomic E-state index is 0.0313. The van der Waals surface area contributed by atoms with Gasteiger partial charge in [-0.2, -0.15) is 0 Å². The van der Waals surface area contributed by atoms with Gasteiger partial charge < -0.3 is 34.3 Å². The van der Waals surface area contributed by atoms with Crippen molar-refractivity contribution in [1.82, 2.24) is 10.2 Å². The van der Waals surface area contributed by atoms with E-state index in [1.54, 1.807) is 4.90 Å². The maximum Gasteiger partial charge on any atom is 0.409 e. The number of hydrogen-bond donors (Lipinski definition) is 2. The molecule has 9 nitrogen and oxygen atoms in total. The van der Waals surface area contributed by atoms with Gasteiger partial charge in [-0.05, 0) is 31.2 Å². The molecule has 9 heteroatoms. The molecule has 0 saturated carbocycles. The Kier molecular flexibility index (Phi) is 11.5. The van der Waals surface area contributed by atoms with Crippen molar-refractivity contribution in [1.29, 1.82) is 0 Å². The van der Waals surface area contributed by atoms with Crippen molar-refractivity contribution in [3.8, 4) is 0 Å². The van der Waals surface area contributed by atoms with E-state index in [1.807, 2.05) is 30.3 Å². The van der Waals surface area contributed by atoms with Crippen LogP contribution in [0.25, 0.3) is 0 Å². The zero-order valence-electron chi connectivity index (χ0n) is 22.4. The Morgan fingerprint density at radius 3 is 2.47 bits per heavy atom. The summed E-state index contributed by atoms with van der Waals surface area (Å²) in [7, 11) is 0. The smallest absolute Gasteiger partial charge is 0.409 e. The molecule has 1 aromatic carbocycles. The fourth-order valence-corrected chi connectivity index (χ4v) is 5.52. The van der Waals surface area contributed by atoms with Crippen molar-refractivity contribution in [3.05, 3.63) is 35.9 Å². The van der Waals surface area contributed by atoms with Gasteiger partial charge >= 0.3 is 12.2 Å². The van der Waals surface area contributed by atoms with Crippen molar-refractivity contribution >= 4 is 12.2 Å². The normalized spacial score (nSPS) is 27.0. The molecule has 3 saturated heterocycles. The number of β-amino-alcohol motifs (C(OH)–C–C–N with tert-alkyl or cyclic N) is 1. The maximum absolute atomic E-state index is 12.9. The molecule has 1 aromatic rings. The molecule has 3 aliphatic rings. The summed E-state index contributed by atoms with van der Waals surface area (Å²) >= 11 is 0. The number of hydrogen-bond acceptors (Lipinski definition) is 7. The quantitative estimate of drug-likeness (QED) is 0.536. The molecule has 3 aliphatic heterocycles. The number of alkyl carbamates (subject to hydrolysis) is 1. The Balaban J connectivity index is 1.38. The Morgan fingerprint density at radius 1 is 1.00 bits per heavy atom. The molecule has 2 N–H and O–H groups in total.